The Balaban J connectivity index is 1.79. The number of carbonyl (C=O) groups excluding carboxylic acids is 1. The van der Waals surface area contributed by atoms with Crippen LogP contribution < -0.4 is 0 Å². The molecule has 0 radical (unpaired) electrons. The number of halogens is 1. The highest BCUT2D eigenvalue weighted by Gasteiger charge is 2.31. The molecule has 0 fully saturated rings. The molecule has 0 saturated heterocycles. The van der Waals surface area contributed by atoms with Crippen LogP contribution in [0.4, 0.5) is 10.1 Å². The van der Waals surface area contributed by atoms with E-state index in [-0.39, 0.29) is 18.7 Å². The number of Topliss-reactive ketones (excluding diaryl/α,β-unsaturated/α-hetero) is 1. The second-order valence-electron chi connectivity index (χ2n) is 6.49. The van der Waals surface area contributed by atoms with E-state index in [9.17, 15) is 14.3 Å². The van der Waals surface area contributed by atoms with Crippen molar-refractivity contribution < 1.29 is 14.3 Å². The number of rotatable bonds is 5. The summed E-state index contributed by atoms with van der Waals surface area (Å²) < 4.78 is 14.6. The lowest BCUT2D eigenvalue weighted by molar-refractivity contribution is -0.136. The van der Waals surface area contributed by atoms with Crippen molar-refractivity contribution in [3.8, 4) is 0 Å². The van der Waals surface area contributed by atoms with Gasteiger partial charge in [-0.25, -0.2) is 13.9 Å². The Labute approximate surface area is 149 Å². The first kappa shape index (κ1) is 17.7. The topological polar surface area (TPSA) is 72.4 Å². The summed E-state index contributed by atoms with van der Waals surface area (Å²) >= 11 is 0. The number of aliphatic hydroxyl groups is 1. The molecular weight excluding hydrogens is 335 g/mol. The second kappa shape index (κ2) is 6.65. The van der Waals surface area contributed by atoms with Gasteiger partial charge in [0, 0.05) is 12.5 Å². The maximum Gasteiger partial charge on any atom is 0.190 e. The predicted molar refractivity (Wildman–Crippen MR) is 94.3 cm³/mol. The first-order valence-corrected chi connectivity index (χ1v) is 8.01. The van der Waals surface area contributed by atoms with Crippen LogP contribution in [-0.2, 0) is 17.8 Å². The number of hydrogen-bond acceptors (Lipinski definition) is 4. The van der Waals surface area contributed by atoms with Crippen LogP contribution in [0.1, 0.15) is 18.1 Å². The van der Waals surface area contributed by atoms with Crippen molar-refractivity contribution in [3.63, 3.8) is 0 Å². The van der Waals surface area contributed by atoms with Gasteiger partial charge in [0.15, 0.2) is 11.5 Å². The Kier molecular flexibility index (Phi) is 4.53. The number of fused-ring (bicyclic) bond motifs is 1. The third kappa shape index (κ3) is 3.46. The van der Waals surface area contributed by atoms with Gasteiger partial charge in [-0.3, -0.25) is 4.79 Å². The van der Waals surface area contributed by atoms with Crippen LogP contribution in [0.3, 0.4) is 0 Å². The molecule has 0 aliphatic rings. The Hall–Kier alpha value is -3.11. The fourth-order valence-electron chi connectivity index (χ4n) is 2.77. The lowest BCUT2D eigenvalue weighted by Gasteiger charge is -2.22. The zero-order valence-electron chi connectivity index (χ0n) is 14.4. The minimum Gasteiger partial charge on any atom is -0.380 e. The van der Waals surface area contributed by atoms with E-state index in [4.69, 9.17) is 6.57 Å². The molecule has 0 aliphatic heterocycles. The number of aryl methyl sites for hydroxylation is 1. The number of nitrogens with zero attached hydrogens (tertiary/aromatic N) is 4. The number of aromatic nitrogens is 3. The van der Waals surface area contributed by atoms with E-state index >= 15 is 0 Å². The number of benzene rings is 2. The van der Waals surface area contributed by atoms with Gasteiger partial charge in [0.2, 0.25) is 0 Å². The summed E-state index contributed by atoms with van der Waals surface area (Å²) in [6.45, 7) is 10.2. The van der Waals surface area contributed by atoms with Crippen LogP contribution in [-0.4, -0.2) is 31.5 Å². The molecule has 3 aromatic rings. The van der Waals surface area contributed by atoms with Gasteiger partial charge in [-0.05, 0) is 37.1 Å². The van der Waals surface area contributed by atoms with Crippen molar-refractivity contribution in [2.75, 3.05) is 0 Å². The minimum atomic E-state index is -1.67. The average Bonchev–Trinajstić information content (AvgIpc) is 2.96. The van der Waals surface area contributed by atoms with Crippen LogP contribution in [0.2, 0.25) is 0 Å². The minimum absolute atomic E-state index is 0.0351. The summed E-state index contributed by atoms with van der Waals surface area (Å²) in [5, 5.41) is 18.4. The third-order valence-corrected chi connectivity index (χ3v) is 4.28. The molecule has 2 aromatic carbocycles. The van der Waals surface area contributed by atoms with Gasteiger partial charge in [-0.2, -0.15) is 0 Å². The Morgan fingerprint density at radius 1 is 1.35 bits per heavy atom. The van der Waals surface area contributed by atoms with Gasteiger partial charge >= 0.3 is 0 Å². The fourth-order valence-corrected chi connectivity index (χ4v) is 2.77. The lowest BCUT2D eigenvalue weighted by Crippen LogP contribution is -2.41. The molecule has 1 aromatic heterocycles. The summed E-state index contributed by atoms with van der Waals surface area (Å²) in [7, 11) is 0. The zero-order chi connectivity index (χ0) is 18.9. The van der Waals surface area contributed by atoms with Gasteiger partial charge in [-0.15, -0.1) is 5.10 Å². The Morgan fingerprint density at radius 3 is 2.81 bits per heavy atom. The van der Waals surface area contributed by atoms with Crippen molar-refractivity contribution in [1.29, 1.82) is 0 Å². The van der Waals surface area contributed by atoms with Gasteiger partial charge in [0.1, 0.15) is 16.9 Å². The maximum absolute atomic E-state index is 13.2. The van der Waals surface area contributed by atoms with Crippen LogP contribution in [0.15, 0.2) is 36.4 Å². The van der Waals surface area contributed by atoms with Crippen molar-refractivity contribution in [1.82, 2.24) is 15.0 Å². The van der Waals surface area contributed by atoms with Gasteiger partial charge in [-0.1, -0.05) is 23.4 Å². The van der Waals surface area contributed by atoms with Gasteiger partial charge < -0.3 is 5.11 Å². The van der Waals surface area contributed by atoms with Gasteiger partial charge in [0.05, 0.1) is 18.6 Å². The van der Waals surface area contributed by atoms with Crippen LogP contribution in [0.25, 0.3) is 15.9 Å². The van der Waals surface area contributed by atoms with Crippen LogP contribution in [0.5, 0.6) is 0 Å². The molecule has 0 spiro atoms. The monoisotopic (exact) mass is 352 g/mol. The molecule has 0 bridgehead atoms. The molecule has 3 rings (SSSR count). The highest BCUT2D eigenvalue weighted by atomic mass is 19.1. The summed E-state index contributed by atoms with van der Waals surface area (Å²) in [4.78, 5) is 16.0. The summed E-state index contributed by atoms with van der Waals surface area (Å²) in [6, 6.07) is 9.19. The molecule has 6 nitrogen and oxygen atoms in total. The number of hydrogen-bond donors (Lipinski definition) is 1. The number of ketones is 1. The fraction of sp³-hybridized carbons (Fsp3) is 0.263. The molecule has 1 heterocycles. The molecule has 7 heteroatoms. The summed E-state index contributed by atoms with van der Waals surface area (Å²) in [5.74, 6) is -0.802. The van der Waals surface area contributed by atoms with Crippen LogP contribution >= 0.6 is 0 Å². The lowest BCUT2D eigenvalue weighted by atomic mass is 9.94. The third-order valence-electron chi connectivity index (χ3n) is 4.28. The highest BCUT2D eigenvalue weighted by Crippen LogP contribution is 2.22. The molecule has 1 N–H and O–H groups in total. The van der Waals surface area contributed by atoms with Crippen molar-refractivity contribution in [3.05, 3.63) is 64.8 Å². The normalized spacial score (nSPS) is 13.3. The molecule has 132 valence electrons. The zero-order valence-corrected chi connectivity index (χ0v) is 14.4. The molecular formula is C19H17FN4O2. The molecule has 26 heavy (non-hydrogen) atoms. The molecule has 0 saturated carbocycles. The maximum atomic E-state index is 13.2. The van der Waals surface area contributed by atoms with E-state index in [0.29, 0.717) is 16.7 Å². The van der Waals surface area contributed by atoms with Gasteiger partial charge in [0.25, 0.3) is 0 Å². The molecule has 1 atom stereocenters. The summed E-state index contributed by atoms with van der Waals surface area (Å²) in [5.41, 5.74) is 1.28. The smallest absolute Gasteiger partial charge is 0.190 e. The Bertz CT molecular complexity index is 1030. The highest BCUT2D eigenvalue weighted by molar-refractivity contribution is 5.88. The summed E-state index contributed by atoms with van der Waals surface area (Å²) in [6.07, 6.45) is 0.0351. The van der Waals surface area contributed by atoms with Crippen LogP contribution in [0, 0.1) is 19.3 Å². The average molecular weight is 352 g/mol. The quantitative estimate of drug-likeness (QED) is 0.717. The first-order valence-electron chi connectivity index (χ1n) is 8.01. The number of carbonyl (C=O) groups is 1. The second-order valence-corrected chi connectivity index (χ2v) is 6.49. The van der Waals surface area contributed by atoms with E-state index in [1.807, 2.05) is 0 Å². The first-order chi connectivity index (χ1) is 12.3. The van der Waals surface area contributed by atoms with Crippen molar-refractivity contribution >= 4 is 22.5 Å². The van der Waals surface area contributed by atoms with E-state index in [1.54, 1.807) is 25.1 Å². The molecule has 0 unspecified atom stereocenters. The molecule has 0 aliphatic carbocycles. The Morgan fingerprint density at radius 2 is 2.12 bits per heavy atom. The van der Waals surface area contributed by atoms with E-state index in [0.717, 1.165) is 11.1 Å². The van der Waals surface area contributed by atoms with E-state index in [1.165, 1.54) is 29.8 Å². The van der Waals surface area contributed by atoms with Crippen molar-refractivity contribution in [2.24, 2.45) is 0 Å². The molecule has 0 amide bonds. The van der Waals surface area contributed by atoms with Crippen molar-refractivity contribution in [2.45, 2.75) is 32.4 Å². The van der Waals surface area contributed by atoms with E-state index in [2.05, 4.69) is 15.2 Å². The largest absolute Gasteiger partial charge is 0.380 e. The predicted octanol–water partition coefficient (Wildman–Crippen LogP) is 2.99. The van der Waals surface area contributed by atoms with E-state index < -0.39 is 11.4 Å². The SMILES string of the molecule is [C-]#[N+]c1ccc(CC(=O)[C@@](C)(O)Cn2nnc3cc(F)ccc32)cc1C. The standard InChI is InChI=1S/C19H17FN4O2/c1-12-8-13(4-6-15(12)21-3)9-18(25)19(2,26)11-24-17-7-5-14(20)10-16(17)22-23-24/h4-8,10,26H,9,11H2,1-2H3/t19-/m0/s1.